The summed E-state index contributed by atoms with van der Waals surface area (Å²) in [5.74, 6) is 1.15. The molecule has 1 fully saturated rings. The summed E-state index contributed by atoms with van der Waals surface area (Å²) < 4.78 is 0. The molecule has 0 aliphatic heterocycles. The molecule has 0 aromatic carbocycles. The van der Waals surface area contributed by atoms with Gasteiger partial charge in [-0.1, -0.05) is 20.8 Å². The fourth-order valence-electron chi connectivity index (χ4n) is 3.31. The minimum atomic E-state index is 0.523. The van der Waals surface area contributed by atoms with E-state index in [9.17, 15) is 0 Å². The molecule has 3 heteroatoms. The van der Waals surface area contributed by atoms with Crippen LogP contribution in [0.4, 0.5) is 5.82 Å². The molecule has 0 atom stereocenters. The van der Waals surface area contributed by atoms with Crippen molar-refractivity contribution in [3.05, 3.63) is 23.4 Å². The van der Waals surface area contributed by atoms with Crippen LogP contribution in [0.3, 0.4) is 0 Å². The van der Waals surface area contributed by atoms with Gasteiger partial charge in [0.2, 0.25) is 0 Å². The lowest BCUT2D eigenvalue weighted by Gasteiger charge is -2.39. The quantitative estimate of drug-likeness (QED) is 0.891. The van der Waals surface area contributed by atoms with E-state index in [0.29, 0.717) is 11.5 Å². The number of nitrogens with one attached hydrogen (secondary N) is 1. The summed E-state index contributed by atoms with van der Waals surface area (Å²) in [4.78, 5) is 7.13. The molecule has 1 aliphatic carbocycles. The zero-order valence-electron chi connectivity index (χ0n) is 14.4. The Labute approximate surface area is 130 Å². The number of anilines is 1. The monoisotopic (exact) mass is 289 g/mol. The molecule has 2 rings (SSSR count). The Kier molecular flexibility index (Phi) is 5.26. The molecule has 0 bridgehead atoms. The number of hydrogen-bond donors (Lipinski definition) is 1. The van der Waals surface area contributed by atoms with Crippen LogP contribution in [0.25, 0.3) is 0 Å². The fraction of sp³-hybridized carbons (Fsp3) is 0.722. The summed E-state index contributed by atoms with van der Waals surface area (Å²) in [5, 5.41) is 3.36. The van der Waals surface area contributed by atoms with Crippen molar-refractivity contribution < 1.29 is 0 Å². The van der Waals surface area contributed by atoms with Crippen LogP contribution in [-0.4, -0.2) is 24.6 Å². The second-order valence-electron chi connectivity index (χ2n) is 7.27. The lowest BCUT2D eigenvalue weighted by molar-refractivity contribution is 0.222. The maximum Gasteiger partial charge on any atom is 0.131 e. The highest BCUT2D eigenvalue weighted by atomic mass is 15.2. The smallest absolute Gasteiger partial charge is 0.131 e. The summed E-state index contributed by atoms with van der Waals surface area (Å²) in [7, 11) is 2.21. The van der Waals surface area contributed by atoms with E-state index in [4.69, 9.17) is 4.98 Å². The Hall–Kier alpha value is -1.09. The van der Waals surface area contributed by atoms with Gasteiger partial charge in [-0.15, -0.1) is 0 Å². The molecule has 1 aromatic rings. The highest BCUT2D eigenvalue weighted by Gasteiger charge is 2.29. The van der Waals surface area contributed by atoms with E-state index in [1.807, 2.05) is 6.20 Å². The minimum Gasteiger partial charge on any atom is -0.356 e. The average Bonchev–Trinajstić information content (AvgIpc) is 2.44. The van der Waals surface area contributed by atoms with Gasteiger partial charge in [0.05, 0.1) is 0 Å². The standard InChI is InChI=1S/C18H31N3/c1-6-19-12-15-11-14(2)17(20-13-15)21(5)16-7-9-18(3,4)10-8-16/h11,13,16,19H,6-10,12H2,1-5H3. The van der Waals surface area contributed by atoms with Gasteiger partial charge in [0.1, 0.15) is 5.82 Å². The molecular formula is C18H31N3. The number of aryl methyl sites for hydroxylation is 1. The van der Waals surface area contributed by atoms with Gasteiger partial charge in [-0.3, -0.25) is 0 Å². The van der Waals surface area contributed by atoms with Gasteiger partial charge in [0.25, 0.3) is 0 Å². The zero-order chi connectivity index (χ0) is 15.5. The predicted octanol–water partition coefficient (Wildman–Crippen LogP) is 3.90. The molecule has 0 unspecified atom stereocenters. The molecule has 1 aliphatic rings. The van der Waals surface area contributed by atoms with E-state index in [1.54, 1.807) is 0 Å². The largest absolute Gasteiger partial charge is 0.356 e. The third kappa shape index (κ3) is 4.19. The van der Waals surface area contributed by atoms with E-state index in [0.717, 1.165) is 18.9 Å². The third-order valence-electron chi connectivity index (χ3n) is 4.88. The Morgan fingerprint density at radius 3 is 2.57 bits per heavy atom. The maximum atomic E-state index is 4.73. The van der Waals surface area contributed by atoms with Gasteiger partial charge in [-0.05, 0) is 61.8 Å². The first-order chi connectivity index (χ1) is 9.93. The highest BCUT2D eigenvalue weighted by Crippen LogP contribution is 2.37. The van der Waals surface area contributed by atoms with Gasteiger partial charge >= 0.3 is 0 Å². The second kappa shape index (κ2) is 6.78. The first kappa shape index (κ1) is 16.3. The molecule has 3 nitrogen and oxygen atoms in total. The normalized spacial score (nSPS) is 18.7. The molecule has 1 aromatic heterocycles. The van der Waals surface area contributed by atoms with Crippen molar-refractivity contribution in [1.82, 2.24) is 10.3 Å². The van der Waals surface area contributed by atoms with Crippen LogP contribution in [-0.2, 0) is 6.54 Å². The van der Waals surface area contributed by atoms with Gasteiger partial charge in [-0.25, -0.2) is 4.98 Å². The van der Waals surface area contributed by atoms with Crippen LogP contribution in [0.15, 0.2) is 12.3 Å². The van der Waals surface area contributed by atoms with Crippen LogP contribution >= 0.6 is 0 Å². The van der Waals surface area contributed by atoms with Crippen LogP contribution < -0.4 is 10.2 Å². The molecule has 118 valence electrons. The third-order valence-corrected chi connectivity index (χ3v) is 4.88. The highest BCUT2D eigenvalue weighted by molar-refractivity contribution is 5.47. The number of pyridine rings is 1. The Balaban J connectivity index is 2.04. The number of aromatic nitrogens is 1. The first-order valence-corrected chi connectivity index (χ1v) is 8.32. The Bertz CT molecular complexity index is 458. The van der Waals surface area contributed by atoms with Crippen molar-refractivity contribution in [2.75, 3.05) is 18.5 Å². The van der Waals surface area contributed by atoms with Crippen molar-refractivity contribution >= 4 is 5.82 Å². The van der Waals surface area contributed by atoms with Crippen molar-refractivity contribution in [3.63, 3.8) is 0 Å². The van der Waals surface area contributed by atoms with E-state index in [2.05, 4.69) is 51.0 Å². The number of hydrogen-bond acceptors (Lipinski definition) is 3. The van der Waals surface area contributed by atoms with Crippen molar-refractivity contribution in [3.8, 4) is 0 Å². The fourth-order valence-corrected chi connectivity index (χ4v) is 3.31. The predicted molar refractivity (Wildman–Crippen MR) is 90.8 cm³/mol. The maximum absolute atomic E-state index is 4.73. The van der Waals surface area contributed by atoms with Gasteiger partial charge in [0.15, 0.2) is 0 Å². The molecule has 0 amide bonds. The summed E-state index contributed by atoms with van der Waals surface area (Å²) in [6.07, 6.45) is 7.22. The zero-order valence-corrected chi connectivity index (χ0v) is 14.4. The molecule has 0 saturated heterocycles. The number of nitrogens with zero attached hydrogens (tertiary/aromatic N) is 2. The van der Waals surface area contributed by atoms with Crippen molar-refractivity contribution in [1.29, 1.82) is 0 Å². The van der Waals surface area contributed by atoms with E-state index in [1.165, 1.54) is 36.8 Å². The summed E-state index contributed by atoms with van der Waals surface area (Å²) >= 11 is 0. The minimum absolute atomic E-state index is 0.523. The first-order valence-electron chi connectivity index (χ1n) is 8.32. The van der Waals surface area contributed by atoms with Gasteiger partial charge in [0, 0.05) is 25.8 Å². The van der Waals surface area contributed by atoms with E-state index < -0.39 is 0 Å². The van der Waals surface area contributed by atoms with Crippen LogP contribution in [0, 0.1) is 12.3 Å². The molecule has 1 N–H and O–H groups in total. The molecule has 0 spiro atoms. The lowest BCUT2D eigenvalue weighted by Crippen LogP contribution is -2.38. The lowest BCUT2D eigenvalue weighted by atomic mass is 9.75. The molecule has 0 radical (unpaired) electrons. The topological polar surface area (TPSA) is 28.2 Å². The summed E-state index contributed by atoms with van der Waals surface area (Å²) in [6.45, 7) is 11.0. The van der Waals surface area contributed by atoms with Gasteiger partial charge in [-0.2, -0.15) is 0 Å². The Morgan fingerprint density at radius 2 is 2.00 bits per heavy atom. The molecule has 21 heavy (non-hydrogen) atoms. The van der Waals surface area contributed by atoms with Crippen molar-refractivity contribution in [2.24, 2.45) is 5.41 Å². The summed E-state index contributed by atoms with van der Waals surface area (Å²) in [5.41, 5.74) is 3.09. The molecule has 1 heterocycles. The van der Waals surface area contributed by atoms with Crippen molar-refractivity contribution in [2.45, 2.75) is 66.0 Å². The Morgan fingerprint density at radius 1 is 1.33 bits per heavy atom. The van der Waals surface area contributed by atoms with Gasteiger partial charge < -0.3 is 10.2 Å². The van der Waals surface area contributed by atoms with Crippen LogP contribution in [0.5, 0.6) is 0 Å². The molecular weight excluding hydrogens is 258 g/mol. The SMILES string of the molecule is CCNCc1cnc(N(C)C2CCC(C)(C)CC2)c(C)c1. The average molecular weight is 289 g/mol. The molecule has 1 saturated carbocycles. The van der Waals surface area contributed by atoms with Crippen LogP contribution in [0.2, 0.25) is 0 Å². The van der Waals surface area contributed by atoms with E-state index >= 15 is 0 Å². The van der Waals surface area contributed by atoms with E-state index in [-0.39, 0.29) is 0 Å². The second-order valence-corrected chi connectivity index (χ2v) is 7.27. The number of rotatable bonds is 5. The van der Waals surface area contributed by atoms with Crippen LogP contribution in [0.1, 0.15) is 57.6 Å². The summed E-state index contributed by atoms with van der Waals surface area (Å²) in [6, 6.07) is 2.91.